The maximum atomic E-state index is 6.02. The Kier molecular flexibility index (Phi) is 4.98. The highest BCUT2D eigenvalue weighted by atomic mass is 16.7. The second-order valence-corrected chi connectivity index (χ2v) is 7.32. The zero-order chi connectivity index (χ0) is 17.9. The maximum Gasteiger partial charge on any atom is 0.487 e. The second-order valence-electron chi connectivity index (χ2n) is 7.32. The first-order valence-corrected chi connectivity index (χ1v) is 8.74. The van der Waals surface area contributed by atoms with Crippen LogP contribution in [-0.2, 0) is 9.31 Å². The van der Waals surface area contributed by atoms with E-state index in [4.69, 9.17) is 9.31 Å². The molecule has 0 spiro atoms. The Bertz CT molecular complexity index is 704. The third-order valence-electron chi connectivity index (χ3n) is 4.97. The van der Waals surface area contributed by atoms with Crippen molar-refractivity contribution in [1.29, 1.82) is 0 Å². The lowest BCUT2D eigenvalue weighted by molar-refractivity contribution is 0.00578. The van der Waals surface area contributed by atoms with Gasteiger partial charge in [-0.15, -0.1) is 0 Å². The van der Waals surface area contributed by atoms with Crippen LogP contribution in [0.2, 0.25) is 0 Å². The lowest BCUT2D eigenvalue weighted by atomic mass is 9.89. The van der Waals surface area contributed by atoms with E-state index in [2.05, 4.69) is 82.3 Å². The molecule has 0 amide bonds. The average Bonchev–Trinajstić information content (AvgIpc) is 2.80. The summed E-state index contributed by atoms with van der Waals surface area (Å²) in [5.74, 6) is 1.97. The Morgan fingerprint density at radius 3 is 1.64 bits per heavy atom. The molecule has 1 saturated heterocycles. The zero-order valence-electron chi connectivity index (χ0n) is 15.4. The van der Waals surface area contributed by atoms with E-state index in [1.165, 1.54) is 16.7 Å². The molecule has 0 radical (unpaired) electrons. The quantitative estimate of drug-likeness (QED) is 0.558. The van der Waals surface area contributed by atoms with Crippen LogP contribution in [0.3, 0.4) is 0 Å². The Labute approximate surface area is 151 Å². The van der Waals surface area contributed by atoms with Crippen molar-refractivity contribution < 1.29 is 9.31 Å². The Morgan fingerprint density at radius 1 is 0.760 bits per heavy atom. The van der Waals surface area contributed by atoms with E-state index in [0.29, 0.717) is 0 Å². The van der Waals surface area contributed by atoms with Gasteiger partial charge in [-0.2, -0.15) is 0 Å². The Hall–Kier alpha value is -2.10. The van der Waals surface area contributed by atoms with Gasteiger partial charge in [-0.05, 0) is 44.4 Å². The van der Waals surface area contributed by atoms with Crippen molar-refractivity contribution in [3.05, 3.63) is 89.9 Å². The van der Waals surface area contributed by atoms with Gasteiger partial charge in [0.05, 0.1) is 11.2 Å². The first-order valence-electron chi connectivity index (χ1n) is 8.74. The summed E-state index contributed by atoms with van der Waals surface area (Å²) in [6.45, 7) is 8.26. The second kappa shape index (κ2) is 7.03. The first kappa shape index (κ1) is 17.7. The standard InChI is InChI=1S/C22H25BO2/c1-21(2)22(3,4)25-23(24-21)17-11-16-20(18-12-7-5-8-13-18)19-14-9-6-10-15-19/h5-17H,1-4H3/b17-11+. The Balaban J connectivity index is 1.85. The summed E-state index contributed by atoms with van der Waals surface area (Å²) in [7, 11) is -0.325. The summed E-state index contributed by atoms with van der Waals surface area (Å²) < 4.78 is 12.0. The molecule has 2 aromatic carbocycles. The number of benzene rings is 2. The number of allylic oxidation sites excluding steroid dienone is 2. The van der Waals surface area contributed by atoms with Crippen LogP contribution in [-0.4, -0.2) is 18.3 Å². The van der Waals surface area contributed by atoms with Crippen LogP contribution in [0, 0.1) is 0 Å². The molecule has 2 aromatic rings. The van der Waals surface area contributed by atoms with E-state index in [9.17, 15) is 0 Å². The van der Waals surface area contributed by atoms with Crippen molar-refractivity contribution in [2.24, 2.45) is 0 Å². The molecule has 0 atom stereocenters. The van der Waals surface area contributed by atoms with Gasteiger partial charge in [0.2, 0.25) is 0 Å². The van der Waals surface area contributed by atoms with Crippen LogP contribution >= 0.6 is 0 Å². The molecule has 0 saturated carbocycles. The summed E-state index contributed by atoms with van der Waals surface area (Å²) in [6.07, 6.45) is 4.15. The van der Waals surface area contributed by atoms with Crippen LogP contribution in [0.5, 0.6) is 0 Å². The molecule has 3 heteroatoms. The van der Waals surface area contributed by atoms with E-state index < -0.39 is 0 Å². The van der Waals surface area contributed by atoms with Crippen LogP contribution < -0.4 is 0 Å². The smallest absolute Gasteiger partial charge is 0.400 e. The summed E-state index contributed by atoms with van der Waals surface area (Å²) >= 11 is 0. The highest BCUT2D eigenvalue weighted by molar-refractivity contribution is 6.51. The first-order chi connectivity index (χ1) is 11.9. The molecule has 2 nitrogen and oxygen atoms in total. The molecule has 0 unspecified atom stereocenters. The minimum atomic E-state index is -0.325. The number of hydrogen-bond acceptors (Lipinski definition) is 2. The maximum absolute atomic E-state index is 6.02. The van der Waals surface area contributed by atoms with E-state index >= 15 is 0 Å². The molecule has 0 aliphatic carbocycles. The van der Waals surface area contributed by atoms with Gasteiger partial charge in [-0.1, -0.05) is 78.8 Å². The van der Waals surface area contributed by atoms with Gasteiger partial charge in [0.1, 0.15) is 0 Å². The molecule has 1 heterocycles. The normalized spacial score (nSPS) is 18.5. The van der Waals surface area contributed by atoms with E-state index in [1.54, 1.807) is 0 Å². The van der Waals surface area contributed by atoms with Gasteiger partial charge in [0.25, 0.3) is 0 Å². The van der Waals surface area contributed by atoms with Crippen molar-refractivity contribution in [1.82, 2.24) is 0 Å². The molecule has 3 rings (SSSR count). The van der Waals surface area contributed by atoms with Crippen LogP contribution in [0.1, 0.15) is 38.8 Å². The summed E-state index contributed by atoms with van der Waals surface area (Å²) in [5, 5.41) is 0. The highest BCUT2D eigenvalue weighted by Crippen LogP contribution is 2.37. The fraction of sp³-hybridized carbons (Fsp3) is 0.273. The minimum absolute atomic E-state index is 0.312. The van der Waals surface area contributed by atoms with Crippen molar-refractivity contribution >= 4 is 12.7 Å². The van der Waals surface area contributed by atoms with E-state index in [-0.39, 0.29) is 18.3 Å². The fourth-order valence-electron chi connectivity index (χ4n) is 2.80. The molecule has 1 aliphatic rings. The molecular formula is C22H25BO2. The molecular weight excluding hydrogens is 307 g/mol. The third-order valence-corrected chi connectivity index (χ3v) is 4.97. The van der Waals surface area contributed by atoms with E-state index in [1.807, 2.05) is 24.2 Å². The lowest BCUT2D eigenvalue weighted by Crippen LogP contribution is -2.41. The highest BCUT2D eigenvalue weighted by Gasteiger charge is 2.49. The fourth-order valence-corrected chi connectivity index (χ4v) is 2.80. The molecule has 128 valence electrons. The lowest BCUT2D eigenvalue weighted by Gasteiger charge is -2.32. The van der Waals surface area contributed by atoms with Crippen LogP contribution in [0.4, 0.5) is 0 Å². The van der Waals surface area contributed by atoms with Gasteiger partial charge in [-0.3, -0.25) is 0 Å². The Morgan fingerprint density at radius 2 is 1.20 bits per heavy atom. The van der Waals surface area contributed by atoms with Crippen molar-refractivity contribution in [3.8, 4) is 0 Å². The zero-order valence-corrected chi connectivity index (χ0v) is 15.4. The average molecular weight is 332 g/mol. The van der Waals surface area contributed by atoms with Gasteiger partial charge in [0, 0.05) is 0 Å². The molecule has 1 aliphatic heterocycles. The number of rotatable bonds is 4. The van der Waals surface area contributed by atoms with E-state index in [0.717, 1.165) is 0 Å². The van der Waals surface area contributed by atoms with Crippen LogP contribution in [0.15, 0.2) is 78.8 Å². The number of hydrogen-bond donors (Lipinski definition) is 0. The van der Waals surface area contributed by atoms with Crippen molar-refractivity contribution in [2.75, 3.05) is 0 Å². The summed E-state index contributed by atoms with van der Waals surface area (Å²) in [6, 6.07) is 20.8. The predicted octanol–water partition coefficient (Wildman–Crippen LogP) is 5.31. The monoisotopic (exact) mass is 332 g/mol. The molecule has 25 heavy (non-hydrogen) atoms. The summed E-state index contributed by atoms with van der Waals surface area (Å²) in [5.41, 5.74) is 2.93. The van der Waals surface area contributed by atoms with Crippen molar-refractivity contribution in [2.45, 2.75) is 38.9 Å². The molecule has 1 fully saturated rings. The SMILES string of the molecule is CC1(C)OB(/C=C/C=C(c2ccccc2)c2ccccc2)OC1(C)C. The molecule has 0 N–H and O–H groups in total. The van der Waals surface area contributed by atoms with Gasteiger partial charge in [0.15, 0.2) is 0 Å². The topological polar surface area (TPSA) is 18.5 Å². The molecule has 0 aromatic heterocycles. The van der Waals surface area contributed by atoms with Crippen molar-refractivity contribution in [3.63, 3.8) is 0 Å². The van der Waals surface area contributed by atoms with Crippen LogP contribution in [0.25, 0.3) is 5.57 Å². The third kappa shape index (κ3) is 3.94. The van der Waals surface area contributed by atoms with Gasteiger partial charge in [-0.25, -0.2) is 0 Å². The summed E-state index contributed by atoms with van der Waals surface area (Å²) in [4.78, 5) is 0. The van der Waals surface area contributed by atoms with Gasteiger partial charge >= 0.3 is 7.12 Å². The predicted molar refractivity (Wildman–Crippen MR) is 105 cm³/mol. The minimum Gasteiger partial charge on any atom is -0.400 e. The largest absolute Gasteiger partial charge is 0.487 e. The molecule has 0 bridgehead atoms. The van der Waals surface area contributed by atoms with Gasteiger partial charge < -0.3 is 9.31 Å².